The van der Waals surface area contributed by atoms with Crippen molar-refractivity contribution < 1.29 is 14.6 Å². The van der Waals surface area contributed by atoms with E-state index in [2.05, 4.69) is 15.1 Å². The second kappa shape index (κ2) is 6.88. The quantitative estimate of drug-likeness (QED) is 0.719. The zero-order chi connectivity index (χ0) is 19.8. The third-order valence-electron chi connectivity index (χ3n) is 5.04. The first kappa shape index (κ1) is 17.8. The summed E-state index contributed by atoms with van der Waals surface area (Å²) in [5.41, 5.74) is 8.53. The zero-order valence-corrected chi connectivity index (χ0v) is 15.7. The molecule has 0 aliphatic carbocycles. The van der Waals surface area contributed by atoms with Gasteiger partial charge in [-0.2, -0.15) is 0 Å². The molecule has 0 spiro atoms. The minimum Gasteiger partial charge on any atom is -0.507 e. The van der Waals surface area contributed by atoms with Gasteiger partial charge in [0.25, 0.3) is 5.91 Å². The number of carbonyl (C=O) groups is 1. The molecule has 2 heterocycles. The second-order valence-electron chi connectivity index (χ2n) is 6.73. The molecule has 1 aliphatic heterocycles. The number of nitrogens with zero attached hydrogens (tertiary/aromatic N) is 4. The van der Waals surface area contributed by atoms with Crippen LogP contribution in [0.4, 0.5) is 5.69 Å². The van der Waals surface area contributed by atoms with Gasteiger partial charge < -0.3 is 20.5 Å². The van der Waals surface area contributed by atoms with Crippen molar-refractivity contribution in [2.24, 2.45) is 5.73 Å². The first-order valence-corrected chi connectivity index (χ1v) is 8.97. The lowest BCUT2D eigenvalue weighted by Crippen LogP contribution is -2.24. The van der Waals surface area contributed by atoms with Crippen molar-refractivity contribution in [3.05, 3.63) is 47.8 Å². The summed E-state index contributed by atoms with van der Waals surface area (Å²) in [5.74, 6) is 0.481. The summed E-state index contributed by atoms with van der Waals surface area (Å²) in [4.78, 5) is 14.0. The molecule has 3 N–H and O–H groups in total. The van der Waals surface area contributed by atoms with Gasteiger partial charge in [0.15, 0.2) is 5.82 Å². The molecular weight excluding hydrogens is 358 g/mol. The van der Waals surface area contributed by atoms with E-state index in [1.165, 1.54) is 0 Å². The maximum absolute atomic E-state index is 11.9. The minimum absolute atomic E-state index is 0.00518. The highest BCUT2D eigenvalue weighted by Gasteiger charge is 2.25. The number of rotatable bonds is 4. The second-order valence-corrected chi connectivity index (χ2v) is 6.73. The van der Waals surface area contributed by atoms with Crippen molar-refractivity contribution in [3.63, 3.8) is 0 Å². The van der Waals surface area contributed by atoms with Crippen LogP contribution in [0.15, 0.2) is 36.4 Å². The van der Waals surface area contributed by atoms with Crippen LogP contribution in [-0.2, 0) is 6.42 Å². The van der Waals surface area contributed by atoms with Gasteiger partial charge in [0.1, 0.15) is 11.5 Å². The molecule has 1 amide bonds. The summed E-state index contributed by atoms with van der Waals surface area (Å²) in [5, 5.41) is 19.1. The van der Waals surface area contributed by atoms with Gasteiger partial charge in [0.05, 0.1) is 12.7 Å². The molecule has 2 aromatic carbocycles. The lowest BCUT2D eigenvalue weighted by molar-refractivity contribution is 0.0988. The van der Waals surface area contributed by atoms with Crippen molar-refractivity contribution in [1.82, 2.24) is 14.8 Å². The highest BCUT2D eigenvalue weighted by Crippen LogP contribution is 2.40. The van der Waals surface area contributed by atoms with Gasteiger partial charge in [-0.15, -0.1) is 10.2 Å². The van der Waals surface area contributed by atoms with Crippen LogP contribution in [0.3, 0.4) is 0 Å². The van der Waals surface area contributed by atoms with Gasteiger partial charge >= 0.3 is 0 Å². The maximum atomic E-state index is 11.9. The number of carbonyl (C=O) groups excluding carboxylic acids is 1. The van der Waals surface area contributed by atoms with Crippen molar-refractivity contribution >= 4 is 11.6 Å². The molecule has 8 nitrogen and oxygen atoms in total. The number of phenols is 1. The molecule has 1 aromatic heterocycles. The summed E-state index contributed by atoms with van der Waals surface area (Å²) in [6.07, 6.45) is 1.73. The van der Waals surface area contributed by atoms with E-state index >= 15 is 0 Å². The zero-order valence-electron chi connectivity index (χ0n) is 15.7. The Hall–Kier alpha value is -3.55. The number of aromatic nitrogens is 3. The van der Waals surface area contributed by atoms with Crippen LogP contribution in [0.5, 0.6) is 11.5 Å². The number of fused-ring (bicyclic) bond motifs is 1. The molecule has 0 bridgehead atoms. The predicted octanol–water partition coefficient (Wildman–Crippen LogP) is 2.13. The third kappa shape index (κ3) is 2.83. The standard InChI is InChI=1S/C20H21N5O3/c1-24-11-3-4-14-16(24)10-9-15(17(14)26)19-22-23-20(18(21)27)25(19)12-5-7-13(28-2)8-6-12/h5-10,26H,3-4,11H2,1-2H3,(H2,21,27). The number of anilines is 1. The van der Waals surface area contributed by atoms with E-state index in [9.17, 15) is 9.90 Å². The number of hydrogen-bond donors (Lipinski definition) is 2. The van der Waals surface area contributed by atoms with Crippen LogP contribution in [0.1, 0.15) is 22.6 Å². The molecule has 4 rings (SSSR count). The lowest BCUT2D eigenvalue weighted by atomic mass is 9.97. The first-order chi connectivity index (χ1) is 13.5. The Balaban J connectivity index is 1.90. The average molecular weight is 379 g/mol. The molecule has 3 aromatic rings. The SMILES string of the molecule is COc1ccc(-n2c(C(N)=O)nnc2-c2ccc3c(c2O)CCCN3C)cc1. The van der Waals surface area contributed by atoms with Crippen molar-refractivity contribution in [3.8, 4) is 28.6 Å². The average Bonchev–Trinajstić information content (AvgIpc) is 3.14. The molecule has 8 heteroatoms. The maximum Gasteiger partial charge on any atom is 0.287 e. The van der Waals surface area contributed by atoms with E-state index in [-0.39, 0.29) is 11.6 Å². The number of aromatic hydroxyl groups is 1. The van der Waals surface area contributed by atoms with Crippen LogP contribution in [0.25, 0.3) is 17.1 Å². The molecule has 0 fully saturated rings. The topological polar surface area (TPSA) is 106 Å². The van der Waals surface area contributed by atoms with E-state index < -0.39 is 5.91 Å². The van der Waals surface area contributed by atoms with Gasteiger partial charge in [-0.3, -0.25) is 9.36 Å². The highest BCUT2D eigenvalue weighted by atomic mass is 16.5. The van der Waals surface area contributed by atoms with Crippen molar-refractivity contribution in [1.29, 1.82) is 0 Å². The summed E-state index contributed by atoms with van der Waals surface area (Å²) < 4.78 is 6.75. The Morgan fingerprint density at radius 1 is 1.18 bits per heavy atom. The van der Waals surface area contributed by atoms with Crippen LogP contribution in [0, 0.1) is 0 Å². The summed E-state index contributed by atoms with van der Waals surface area (Å²) >= 11 is 0. The van der Waals surface area contributed by atoms with E-state index in [4.69, 9.17) is 10.5 Å². The van der Waals surface area contributed by atoms with E-state index in [0.717, 1.165) is 30.6 Å². The number of primary amides is 1. The number of nitrogens with two attached hydrogens (primary N) is 1. The molecule has 0 atom stereocenters. The van der Waals surface area contributed by atoms with E-state index in [0.29, 0.717) is 22.8 Å². The molecule has 0 saturated carbocycles. The Labute approximate surface area is 162 Å². The summed E-state index contributed by atoms with van der Waals surface area (Å²) in [6, 6.07) is 10.9. The highest BCUT2D eigenvalue weighted by molar-refractivity contribution is 5.91. The normalized spacial score (nSPS) is 13.3. The fourth-order valence-electron chi connectivity index (χ4n) is 3.62. The van der Waals surface area contributed by atoms with Crippen molar-refractivity contribution in [2.45, 2.75) is 12.8 Å². The summed E-state index contributed by atoms with van der Waals surface area (Å²) in [7, 11) is 3.58. The molecule has 28 heavy (non-hydrogen) atoms. The Kier molecular flexibility index (Phi) is 4.38. The Morgan fingerprint density at radius 3 is 2.61 bits per heavy atom. The summed E-state index contributed by atoms with van der Waals surface area (Å²) in [6.45, 7) is 0.944. The molecule has 1 aliphatic rings. The molecule has 0 unspecified atom stereocenters. The number of benzene rings is 2. The van der Waals surface area contributed by atoms with Gasteiger partial charge in [-0.25, -0.2) is 0 Å². The first-order valence-electron chi connectivity index (χ1n) is 8.97. The third-order valence-corrected chi connectivity index (χ3v) is 5.04. The van der Waals surface area contributed by atoms with Gasteiger partial charge in [0, 0.05) is 30.5 Å². The largest absolute Gasteiger partial charge is 0.507 e. The van der Waals surface area contributed by atoms with E-state index in [1.807, 2.05) is 13.1 Å². The monoisotopic (exact) mass is 379 g/mol. The Morgan fingerprint density at radius 2 is 1.93 bits per heavy atom. The van der Waals surface area contributed by atoms with Crippen LogP contribution >= 0.6 is 0 Å². The van der Waals surface area contributed by atoms with Crippen LogP contribution in [0.2, 0.25) is 0 Å². The fourth-order valence-corrected chi connectivity index (χ4v) is 3.62. The van der Waals surface area contributed by atoms with Crippen LogP contribution < -0.4 is 15.4 Å². The van der Waals surface area contributed by atoms with Gasteiger partial charge in [-0.1, -0.05) is 0 Å². The molecular formula is C20H21N5O3. The molecule has 0 saturated heterocycles. The van der Waals surface area contributed by atoms with Crippen molar-refractivity contribution in [2.75, 3.05) is 25.6 Å². The van der Waals surface area contributed by atoms with Gasteiger partial charge in [-0.05, 0) is 49.2 Å². The lowest BCUT2D eigenvalue weighted by Gasteiger charge is -2.28. The molecule has 144 valence electrons. The molecule has 0 radical (unpaired) electrons. The van der Waals surface area contributed by atoms with Crippen LogP contribution in [-0.4, -0.2) is 46.5 Å². The number of ether oxygens (including phenoxy) is 1. The number of amides is 1. The predicted molar refractivity (Wildman–Crippen MR) is 105 cm³/mol. The smallest absolute Gasteiger partial charge is 0.287 e. The number of hydrogen-bond acceptors (Lipinski definition) is 6. The van der Waals surface area contributed by atoms with Gasteiger partial charge in [0.2, 0.25) is 5.82 Å². The number of phenolic OH excluding ortho intramolecular Hbond substituents is 1. The number of methoxy groups -OCH3 is 1. The fraction of sp³-hybridized carbons (Fsp3) is 0.250. The minimum atomic E-state index is -0.702. The van der Waals surface area contributed by atoms with E-state index in [1.54, 1.807) is 42.0 Å². The Bertz CT molecular complexity index is 1040.